The first-order valence-corrected chi connectivity index (χ1v) is 7.95. The van der Waals surface area contributed by atoms with Crippen LogP contribution in [-0.4, -0.2) is 5.11 Å². The summed E-state index contributed by atoms with van der Waals surface area (Å²) >= 11 is 11.8. The summed E-state index contributed by atoms with van der Waals surface area (Å²) in [6.07, 6.45) is -4.39. The lowest BCUT2D eigenvalue weighted by Crippen LogP contribution is -2.19. The first-order chi connectivity index (χ1) is 10.3. The average molecular weight is 454 g/mol. The summed E-state index contributed by atoms with van der Waals surface area (Å²) in [5, 5.41) is 5.84. The van der Waals surface area contributed by atoms with Gasteiger partial charge in [-0.15, -0.1) is 0 Å². The summed E-state index contributed by atoms with van der Waals surface area (Å²) < 4.78 is 39.6. The van der Waals surface area contributed by atoms with Gasteiger partial charge < -0.3 is 10.6 Å². The van der Waals surface area contributed by atoms with E-state index in [2.05, 4.69) is 42.5 Å². The zero-order valence-electron chi connectivity index (χ0n) is 10.8. The lowest BCUT2D eigenvalue weighted by molar-refractivity contribution is -0.137. The number of anilines is 2. The highest BCUT2D eigenvalue weighted by molar-refractivity contribution is 9.11. The SMILES string of the molecule is FC(F)(F)c1cccc(NC(=S)Nc2ccc(Br)cc2Br)c1. The van der Waals surface area contributed by atoms with Gasteiger partial charge in [0.1, 0.15) is 0 Å². The first-order valence-electron chi connectivity index (χ1n) is 5.96. The Labute approximate surface area is 147 Å². The van der Waals surface area contributed by atoms with Gasteiger partial charge in [0.25, 0.3) is 0 Å². The molecule has 22 heavy (non-hydrogen) atoms. The Kier molecular flexibility index (Phi) is 5.46. The van der Waals surface area contributed by atoms with Crippen LogP contribution in [0.15, 0.2) is 51.4 Å². The number of hydrogen-bond donors (Lipinski definition) is 2. The van der Waals surface area contributed by atoms with Crippen LogP contribution in [0.25, 0.3) is 0 Å². The maximum absolute atomic E-state index is 12.7. The van der Waals surface area contributed by atoms with Crippen molar-refractivity contribution in [3.05, 3.63) is 57.0 Å². The molecule has 0 saturated heterocycles. The molecule has 0 aromatic heterocycles. The van der Waals surface area contributed by atoms with E-state index < -0.39 is 11.7 Å². The highest BCUT2D eigenvalue weighted by Crippen LogP contribution is 2.31. The van der Waals surface area contributed by atoms with Gasteiger partial charge in [0.05, 0.1) is 11.3 Å². The summed E-state index contributed by atoms with van der Waals surface area (Å²) in [4.78, 5) is 0. The predicted octanol–water partition coefficient (Wildman–Crippen LogP) is 6.04. The van der Waals surface area contributed by atoms with Crippen LogP contribution in [0.5, 0.6) is 0 Å². The maximum Gasteiger partial charge on any atom is 0.416 e. The molecule has 0 heterocycles. The van der Waals surface area contributed by atoms with Crippen molar-refractivity contribution in [1.29, 1.82) is 0 Å². The van der Waals surface area contributed by atoms with Gasteiger partial charge in [-0.1, -0.05) is 22.0 Å². The molecule has 2 rings (SSSR count). The largest absolute Gasteiger partial charge is 0.416 e. The van der Waals surface area contributed by atoms with Crippen LogP contribution in [0, 0.1) is 0 Å². The molecule has 2 aromatic rings. The first kappa shape index (κ1) is 17.2. The van der Waals surface area contributed by atoms with Crippen molar-refractivity contribution in [3.8, 4) is 0 Å². The normalized spacial score (nSPS) is 11.1. The van der Waals surface area contributed by atoms with E-state index >= 15 is 0 Å². The van der Waals surface area contributed by atoms with Gasteiger partial charge in [0, 0.05) is 14.6 Å². The molecule has 0 saturated carbocycles. The molecular formula is C14H9Br2F3N2S. The Morgan fingerprint density at radius 2 is 1.73 bits per heavy atom. The van der Waals surface area contributed by atoms with Crippen molar-refractivity contribution in [2.75, 3.05) is 10.6 Å². The van der Waals surface area contributed by atoms with Gasteiger partial charge in [0.15, 0.2) is 5.11 Å². The Balaban J connectivity index is 2.09. The number of rotatable bonds is 2. The number of hydrogen-bond acceptors (Lipinski definition) is 1. The maximum atomic E-state index is 12.7. The third-order valence-electron chi connectivity index (χ3n) is 2.63. The number of thiocarbonyl (C=S) groups is 1. The molecule has 2 aromatic carbocycles. The second-order valence-electron chi connectivity index (χ2n) is 4.28. The van der Waals surface area contributed by atoms with Crippen LogP contribution in [-0.2, 0) is 6.18 Å². The second kappa shape index (κ2) is 6.97. The van der Waals surface area contributed by atoms with E-state index in [1.165, 1.54) is 12.1 Å². The topological polar surface area (TPSA) is 24.1 Å². The van der Waals surface area contributed by atoms with Crippen molar-refractivity contribution in [3.63, 3.8) is 0 Å². The van der Waals surface area contributed by atoms with Crippen molar-refractivity contribution < 1.29 is 13.2 Å². The van der Waals surface area contributed by atoms with Crippen molar-refractivity contribution in [1.82, 2.24) is 0 Å². The van der Waals surface area contributed by atoms with E-state index in [4.69, 9.17) is 12.2 Å². The van der Waals surface area contributed by atoms with E-state index in [0.717, 1.165) is 21.1 Å². The second-order valence-corrected chi connectivity index (χ2v) is 6.46. The van der Waals surface area contributed by atoms with E-state index in [-0.39, 0.29) is 10.8 Å². The molecule has 0 atom stereocenters. The molecule has 2 nitrogen and oxygen atoms in total. The third-order valence-corrected chi connectivity index (χ3v) is 3.98. The van der Waals surface area contributed by atoms with Crippen LogP contribution >= 0.6 is 44.1 Å². The van der Waals surface area contributed by atoms with Crippen molar-refractivity contribution in [2.24, 2.45) is 0 Å². The van der Waals surface area contributed by atoms with Crippen LogP contribution < -0.4 is 10.6 Å². The van der Waals surface area contributed by atoms with Crippen LogP contribution in [0.3, 0.4) is 0 Å². The number of nitrogens with one attached hydrogen (secondary N) is 2. The monoisotopic (exact) mass is 452 g/mol. The van der Waals surface area contributed by atoms with E-state index in [1.54, 1.807) is 6.07 Å². The van der Waals surface area contributed by atoms with Crippen LogP contribution in [0.4, 0.5) is 24.5 Å². The fourth-order valence-corrected chi connectivity index (χ4v) is 3.02. The number of alkyl halides is 3. The number of benzene rings is 2. The lowest BCUT2D eigenvalue weighted by atomic mass is 10.2. The molecule has 2 N–H and O–H groups in total. The highest BCUT2D eigenvalue weighted by atomic mass is 79.9. The molecule has 0 aliphatic heterocycles. The summed E-state index contributed by atoms with van der Waals surface area (Å²) in [6, 6.07) is 10.3. The molecule has 8 heteroatoms. The molecule has 0 aliphatic carbocycles. The molecule has 0 aliphatic rings. The van der Waals surface area contributed by atoms with Gasteiger partial charge in [-0.2, -0.15) is 13.2 Å². The van der Waals surface area contributed by atoms with Crippen molar-refractivity contribution >= 4 is 60.6 Å². The Morgan fingerprint density at radius 1 is 1.00 bits per heavy atom. The standard InChI is InChI=1S/C14H9Br2F3N2S/c15-9-4-5-12(11(16)7-9)21-13(22)20-10-3-1-2-8(6-10)14(17,18)19/h1-7H,(H2,20,21,22). The Bertz CT molecular complexity index is 705. The fraction of sp³-hybridized carbons (Fsp3) is 0.0714. The van der Waals surface area contributed by atoms with Gasteiger partial charge in [0.2, 0.25) is 0 Å². The molecule has 0 spiro atoms. The predicted molar refractivity (Wildman–Crippen MR) is 93.1 cm³/mol. The van der Waals surface area contributed by atoms with E-state index in [0.29, 0.717) is 5.69 Å². The average Bonchev–Trinajstić information content (AvgIpc) is 2.41. The highest BCUT2D eigenvalue weighted by Gasteiger charge is 2.30. The molecule has 0 bridgehead atoms. The summed E-state index contributed by atoms with van der Waals surface area (Å²) in [5.74, 6) is 0. The minimum atomic E-state index is -4.39. The number of halogens is 5. The smallest absolute Gasteiger partial charge is 0.332 e. The minimum absolute atomic E-state index is 0.197. The molecular weight excluding hydrogens is 445 g/mol. The zero-order valence-corrected chi connectivity index (χ0v) is 14.8. The fourth-order valence-electron chi connectivity index (χ4n) is 1.65. The Morgan fingerprint density at radius 3 is 2.36 bits per heavy atom. The van der Waals surface area contributed by atoms with Gasteiger partial charge in [-0.25, -0.2) is 0 Å². The van der Waals surface area contributed by atoms with Gasteiger partial charge >= 0.3 is 6.18 Å². The minimum Gasteiger partial charge on any atom is -0.332 e. The quantitative estimate of drug-likeness (QED) is 0.542. The molecule has 0 unspecified atom stereocenters. The van der Waals surface area contributed by atoms with Gasteiger partial charge in [-0.3, -0.25) is 0 Å². The molecule has 0 radical (unpaired) electrons. The third kappa shape index (κ3) is 4.69. The molecule has 0 amide bonds. The molecule has 116 valence electrons. The van der Waals surface area contributed by atoms with Crippen molar-refractivity contribution in [2.45, 2.75) is 6.18 Å². The zero-order chi connectivity index (χ0) is 16.3. The van der Waals surface area contributed by atoms with Gasteiger partial charge in [-0.05, 0) is 64.5 Å². The van der Waals surface area contributed by atoms with Crippen LogP contribution in [0.2, 0.25) is 0 Å². The summed E-state index contributed by atoms with van der Waals surface area (Å²) in [7, 11) is 0. The van der Waals surface area contributed by atoms with E-state index in [9.17, 15) is 13.2 Å². The van der Waals surface area contributed by atoms with E-state index in [1.807, 2.05) is 12.1 Å². The van der Waals surface area contributed by atoms with Crippen LogP contribution in [0.1, 0.15) is 5.56 Å². The lowest BCUT2D eigenvalue weighted by Gasteiger charge is -2.13. The Hall–Kier alpha value is -1.12. The summed E-state index contributed by atoms with van der Waals surface area (Å²) in [6.45, 7) is 0. The molecule has 0 fully saturated rings. The summed E-state index contributed by atoms with van der Waals surface area (Å²) in [5.41, 5.74) is 0.235.